The van der Waals surface area contributed by atoms with Crippen molar-refractivity contribution in [2.75, 3.05) is 19.7 Å². The zero-order valence-electron chi connectivity index (χ0n) is 13.5. The van der Waals surface area contributed by atoms with Crippen LogP contribution < -0.4 is 15.4 Å². The van der Waals surface area contributed by atoms with Gasteiger partial charge in [-0.1, -0.05) is 17.7 Å². The molecule has 0 aliphatic heterocycles. The Kier molecular flexibility index (Phi) is 9.20. The van der Waals surface area contributed by atoms with Gasteiger partial charge in [0.25, 0.3) is 0 Å². The van der Waals surface area contributed by atoms with E-state index >= 15 is 0 Å². The number of halogens is 1. The number of guanidine groups is 1. The number of aryl methyl sites for hydroxylation is 1. The molecule has 1 heterocycles. The van der Waals surface area contributed by atoms with Crippen LogP contribution in [-0.4, -0.2) is 25.7 Å². The third-order valence-corrected chi connectivity index (χ3v) is 3.00. The number of nitrogens with one attached hydrogen (secondary N) is 2. The normalized spacial score (nSPS) is 10.8. The molecule has 23 heavy (non-hydrogen) atoms. The summed E-state index contributed by atoms with van der Waals surface area (Å²) in [6.07, 6.45) is 1.65. The zero-order chi connectivity index (χ0) is 15.6. The van der Waals surface area contributed by atoms with Crippen LogP contribution in [0.2, 0.25) is 0 Å². The first-order chi connectivity index (χ1) is 10.8. The number of benzene rings is 1. The highest BCUT2D eigenvalue weighted by Gasteiger charge is 1.99. The molecule has 2 aromatic rings. The van der Waals surface area contributed by atoms with E-state index < -0.39 is 0 Å². The van der Waals surface area contributed by atoms with Gasteiger partial charge < -0.3 is 19.8 Å². The van der Waals surface area contributed by atoms with Crippen molar-refractivity contribution in [1.82, 2.24) is 10.6 Å². The number of furan rings is 1. The van der Waals surface area contributed by atoms with Crippen LogP contribution in [0.15, 0.2) is 52.1 Å². The quantitative estimate of drug-likeness (QED) is 0.307. The van der Waals surface area contributed by atoms with Gasteiger partial charge in [0.15, 0.2) is 5.96 Å². The number of aliphatic imine (C=N–C) groups is 1. The van der Waals surface area contributed by atoms with Crippen molar-refractivity contribution in [2.24, 2.45) is 4.99 Å². The van der Waals surface area contributed by atoms with E-state index in [2.05, 4.69) is 22.5 Å². The molecule has 0 aliphatic rings. The highest BCUT2D eigenvalue weighted by molar-refractivity contribution is 14.0. The summed E-state index contributed by atoms with van der Waals surface area (Å²) in [5, 5.41) is 6.43. The third-order valence-electron chi connectivity index (χ3n) is 3.00. The molecule has 0 radical (unpaired) electrons. The van der Waals surface area contributed by atoms with Crippen LogP contribution >= 0.6 is 24.0 Å². The average molecular weight is 429 g/mol. The fraction of sp³-hybridized carbons (Fsp3) is 0.353. The predicted octanol–water partition coefficient (Wildman–Crippen LogP) is 3.34. The van der Waals surface area contributed by atoms with Gasteiger partial charge in [0.05, 0.1) is 12.8 Å². The minimum atomic E-state index is 0. The molecule has 2 N–H and O–H groups in total. The molecule has 1 aromatic heterocycles. The van der Waals surface area contributed by atoms with Crippen molar-refractivity contribution in [3.63, 3.8) is 0 Å². The summed E-state index contributed by atoms with van der Waals surface area (Å²) >= 11 is 0. The summed E-state index contributed by atoms with van der Waals surface area (Å²) in [6, 6.07) is 11.8. The number of nitrogens with zero attached hydrogens (tertiary/aromatic N) is 1. The van der Waals surface area contributed by atoms with Crippen LogP contribution in [0, 0.1) is 6.92 Å². The lowest BCUT2D eigenvalue weighted by atomic mass is 10.2. The van der Waals surface area contributed by atoms with Crippen molar-refractivity contribution in [2.45, 2.75) is 20.4 Å². The van der Waals surface area contributed by atoms with Gasteiger partial charge in [0.1, 0.15) is 24.7 Å². The molecule has 126 valence electrons. The van der Waals surface area contributed by atoms with E-state index in [4.69, 9.17) is 9.15 Å². The Morgan fingerprint density at radius 3 is 2.61 bits per heavy atom. The van der Waals surface area contributed by atoms with Crippen molar-refractivity contribution in [3.8, 4) is 5.75 Å². The molecule has 2 rings (SSSR count). The molecule has 0 saturated heterocycles. The SMILES string of the molecule is CCNC(=NCc1ccco1)NCCOc1ccc(C)cc1.I. The summed E-state index contributed by atoms with van der Waals surface area (Å²) < 4.78 is 10.9. The summed E-state index contributed by atoms with van der Waals surface area (Å²) in [5.41, 5.74) is 1.23. The molecule has 0 fully saturated rings. The standard InChI is InChI=1S/C17H23N3O2.HI/c1-3-18-17(20-13-16-5-4-11-21-16)19-10-12-22-15-8-6-14(2)7-9-15;/h4-9,11H,3,10,12-13H2,1-2H3,(H2,18,19,20);1H. The second kappa shape index (κ2) is 10.9. The molecule has 1 aromatic carbocycles. The van der Waals surface area contributed by atoms with Crippen molar-refractivity contribution in [3.05, 3.63) is 54.0 Å². The second-order valence-corrected chi connectivity index (χ2v) is 4.86. The Hall–Kier alpha value is -1.70. The molecule has 0 amide bonds. The highest BCUT2D eigenvalue weighted by atomic mass is 127. The molecular weight excluding hydrogens is 405 g/mol. The van der Waals surface area contributed by atoms with E-state index in [9.17, 15) is 0 Å². The van der Waals surface area contributed by atoms with E-state index in [1.165, 1.54) is 5.56 Å². The monoisotopic (exact) mass is 429 g/mol. The first-order valence-corrected chi connectivity index (χ1v) is 7.52. The van der Waals surface area contributed by atoms with E-state index in [0.29, 0.717) is 19.7 Å². The lowest BCUT2D eigenvalue weighted by molar-refractivity contribution is 0.322. The van der Waals surface area contributed by atoms with Gasteiger partial charge in [-0.2, -0.15) is 0 Å². The fourth-order valence-corrected chi connectivity index (χ4v) is 1.87. The van der Waals surface area contributed by atoms with Crippen molar-refractivity contribution in [1.29, 1.82) is 0 Å². The third kappa shape index (κ3) is 7.40. The van der Waals surface area contributed by atoms with Crippen LogP contribution in [0.5, 0.6) is 5.75 Å². The Morgan fingerprint density at radius 1 is 1.17 bits per heavy atom. The molecule has 5 nitrogen and oxygen atoms in total. The minimum absolute atomic E-state index is 0. The average Bonchev–Trinajstić information content (AvgIpc) is 3.04. The van der Waals surface area contributed by atoms with Gasteiger partial charge in [-0.15, -0.1) is 24.0 Å². The smallest absolute Gasteiger partial charge is 0.191 e. The van der Waals surface area contributed by atoms with Gasteiger partial charge in [-0.05, 0) is 38.1 Å². The van der Waals surface area contributed by atoms with Crippen LogP contribution in [-0.2, 0) is 6.54 Å². The first-order valence-electron chi connectivity index (χ1n) is 7.52. The predicted molar refractivity (Wildman–Crippen MR) is 104 cm³/mol. The number of hydrogen-bond donors (Lipinski definition) is 2. The van der Waals surface area contributed by atoms with Crippen LogP contribution in [0.4, 0.5) is 0 Å². The molecule has 0 atom stereocenters. The fourth-order valence-electron chi connectivity index (χ4n) is 1.87. The van der Waals surface area contributed by atoms with Crippen LogP contribution in [0.25, 0.3) is 0 Å². The molecule has 0 saturated carbocycles. The first kappa shape index (κ1) is 19.3. The summed E-state index contributed by atoms with van der Waals surface area (Å²) in [7, 11) is 0. The van der Waals surface area contributed by atoms with Gasteiger partial charge in [0.2, 0.25) is 0 Å². The molecule has 0 aliphatic carbocycles. The van der Waals surface area contributed by atoms with Gasteiger partial charge in [-0.25, -0.2) is 4.99 Å². The second-order valence-electron chi connectivity index (χ2n) is 4.86. The van der Waals surface area contributed by atoms with Gasteiger partial charge in [-0.3, -0.25) is 0 Å². The van der Waals surface area contributed by atoms with E-state index in [1.807, 2.05) is 43.3 Å². The van der Waals surface area contributed by atoms with Crippen LogP contribution in [0.1, 0.15) is 18.2 Å². The van der Waals surface area contributed by atoms with E-state index in [-0.39, 0.29) is 24.0 Å². The van der Waals surface area contributed by atoms with Gasteiger partial charge >= 0.3 is 0 Å². The zero-order valence-corrected chi connectivity index (χ0v) is 15.9. The number of rotatable bonds is 7. The maximum atomic E-state index is 5.68. The molecule has 0 unspecified atom stereocenters. The Balaban J connectivity index is 0.00000264. The van der Waals surface area contributed by atoms with Crippen molar-refractivity contribution >= 4 is 29.9 Å². The lowest BCUT2D eigenvalue weighted by Gasteiger charge is -2.12. The molecular formula is C17H24IN3O2. The maximum absolute atomic E-state index is 5.68. The maximum Gasteiger partial charge on any atom is 0.191 e. The molecule has 0 spiro atoms. The number of ether oxygens (including phenoxy) is 1. The molecule has 0 bridgehead atoms. The summed E-state index contributed by atoms with van der Waals surface area (Å²) in [5.74, 6) is 2.48. The number of hydrogen-bond acceptors (Lipinski definition) is 3. The van der Waals surface area contributed by atoms with E-state index in [0.717, 1.165) is 24.0 Å². The Labute approximate surface area is 154 Å². The Morgan fingerprint density at radius 2 is 1.96 bits per heavy atom. The van der Waals surface area contributed by atoms with Crippen molar-refractivity contribution < 1.29 is 9.15 Å². The topological polar surface area (TPSA) is 58.8 Å². The van der Waals surface area contributed by atoms with Gasteiger partial charge in [0, 0.05) is 6.54 Å². The van der Waals surface area contributed by atoms with E-state index in [1.54, 1.807) is 6.26 Å². The largest absolute Gasteiger partial charge is 0.492 e. The van der Waals surface area contributed by atoms with Crippen LogP contribution in [0.3, 0.4) is 0 Å². The highest BCUT2D eigenvalue weighted by Crippen LogP contribution is 2.10. The molecule has 6 heteroatoms. The summed E-state index contributed by atoms with van der Waals surface area (Å²) in [6.45, 7) is 6.67. The summed E-state index contributed by atoms with van der Waals surface area (Å²) in [4.78, 5) is 4.46. The minimum Gasteiger partial charge on any atom is -0.492 e. The lowest BCUT2D eigenvalue weighted by Crippen LogP contribution is -2.39. The Bertz CT molecular complexity index is 568.